The maximum atomic E-state index is 13.9. The highest BCUT2D eigenvalue weighted by Crippen LogP contribution is 2.49. The van der Waals surface area contributed by atoms with Gasteiger partial charge in [0.2, 0.25) is 0 Å². The van der Waals surface area contributed by atoms with Crippen molar-refractivity contribution in [3.8, 4) is 0 Å². The molecule has 6 heteroatoms. The first-order valence-electron chi connectivity index (χ1n) is 7.80. The fraction of sp³-hybridized carbons (Fsp3) is 0.333. The van der Waals surface area contributed by atoms with Crippen LogP contribution in [0.3, 0.4) is 0 Å². The van der Waals surface area contributed by atoms with Crippen LogP contribution in [0.1, 0.15) is 20.3 Å². The van der Waals surface area contributed by atoms with E-state index < -0.39 is 19.0 Å². The van der Waals surface area contributed by atoms with Crippen LogP contribution < -0.4 is 16.3 Å². The molecule has 0 aliphatic heterocycles. The number of benzene rings is 2. The summed E-state index contributed by atoms with van der Waals surface area (Å²) in [5.41, 5.74) is 6.16. The first kappa shape index (κ1) is 19.5. The summed E-state index contributed by atoms with van der Waals surface area (Å²) in [6.45, 7) is 4.03. The summed E-state index contributed by atoms with van der Waals surface area (Å²) >= 11 is 11.9. The Labute approximate surface area is 153 Å². The van der Waals surface area contributed by atoms with Gasteiger partial charge in [0.05, 0.1) is 0 Å². The van der Waals surface area contributed by atoms with E-state index >= 15 is 0 Å². The molecule has 24 heavy (non-hydrogen) atoms. The molecular formula is C18H22Cl2NO2P. The number of hydrogen-bond donors (Lipinski definition) is 2. The molecular weight excluding hydrogens is 364 g/mol. The van der Waals surface area contributed by atoms with Crippen molar-refractivity contribution in [3.05, 3.63) is 58.6 Å². The van der Waals surface area contributed by atoms with Gasteiger partial charge in [-0.1, -0.05) is 37.0 Å². The van der Waals surface area contributed by atoms with Gasteiger partial charge >= 0.3 is 0 Å². The Morgan fingerprint density at radius 2 is 1.33 bits per heavy atom. The molecule has 0 amide bonds. The predicted molar refractivity (Wildman–Crippen MR) is 103 cm³/mol. The Kier molecular flexibility index (Phi) is 6.52. The molecule has 0 bridgehead atoms. The summed E-state index contributed by atoms with van der Waals surface area (Å²) in [6.07, 6.45) is 0.576. The normalized spacial score (nSPS) is 14.6. The van der Waals surface area contributed by atoms with Crippen molar-refractivity contribution in [2.24, 2.45) is 11.7 Å². The van der Waals surface area contributed by atoms with E-state index in [1.807, 2.05) is 13.8 Å². The lowest BCUT2D eigenvalue weighted by atomic mass is 10.1. The van der Waals surface area contributed by atoms with Gasteiger partial charge in [-0.05, 0) is 60.9 Å². The van der Waals surface area contributed by atoms with E-state index in [9.17, 15) is 9.67 Å². The molecule has 2 atom stereocenters. The molecule has 130 valence electrons. The lowest BCUT2D eigenvalue weighted by molar-refractivity contribution is 0.205. The zero-order valence-corrected chi connectivity index (χ0v) is 16.1. The Hall–Kier alpha value is -0.830. The van der Waals surface area contributed by atoms with Crippen LogP contribution in [0.15, 0.2) is 48.5 Å². The summed E-state index contributed by atoms with van der Waals surface area (Å²) < 4.78 is 13.9. The molecule has 0 spiro atoms. The third-order valence-electron chi connectivity index (χ3n) is 3.92. The minimum absolute atomic E-state index is 0.290. The summed E-state index contributed by atoms with van der Waals surface area (Å²) in [4.78, 5) is 0. The Morgan fingerprint density at radius 1 is 0.958 bits per heavy atom. The van der Waals surface area contributed by atoms with Gasteiger partial charge in [0, 0.05) is 26.7 Å². The zero-order valence-electron chi connectivity index (χ0n) is 13.7. The zero-order chi connectivity index (χ0) is 17.9. The molecule has 2 unspecified atom stereocenters. The predicted octanol–water partition coefficient (Wildman–Crippen LogP) is 4.00. The molecule has 0 saturated carbocycles. The molecule has 0 saturated heterocycles. The van der Waals surface area contributed by atoms with E-state index in [-0.39, 0.29) is 0 Å². The second-order valence-corrected chi connectivity index (χ2v) is 10.1. The molecule has 0 fully saturated rings. The minimum atomic E-state index is -3.35. The van der Waals surface area contributed by atoms with Crippen LogP contribution in [0, 0.1) is 5.92 Å². The molecule has 3 nitrogen and oxygen atoms in total. The third-order valence-corrected chi connectivity index (χ3v) is 7.68. The first-order chi connectivity index (χ1) is 11.2. The third kappa shape index (κ3) is 4.22. The van der Waals surface area contributed by atoms with Gasteiger partial charge in [-0.15, -0.1) is 0 Å². The molecule has 2 aromatic carbocycles. The SMILES string of the molecule is CC(C)CC(N)C(O)P(=O)(c1ccc(Cl)cc1)c1ccc(Cl)cc1. The highest BCUT2D eigenvalue weighted by atomic mass is 35.5. The van der Waals surface area contributed by atoms with Gasteiger partial charge in [0.15, 0.2) is 7.14 Å². The van der Waals surface area contributed by atoms with Crippen LogP contribution in [0.25, 0.3) is 0 Å². The number of nitrogens with two attached hydrogens (primary N) is 1. The lowest BCUT2D eigenvalue weighted by Gasteiger charge is -2.30. The van der Waals surface area contributed by atoms with Crippen molar-refractivity contribution in [2.45, 2.75) is 32.2 Å². The van der Waals surface area contributed by atoms with Gasteiger partial charge in [-0.2, -0.15) is 0 Å². The van der Waals surface area contributed by atoms with Gasteiger partial charge in [0.1, 0.15) is 5.85 Å². The number of hydrogen-bond acceptors (Lipinski definition) is 3. The monoisotopic (exact) mass is 385 g/mol. The van der Waals surface area contributed by atoms with E-state index in [2.05, 4.69) is 0 Å². The van der Waals surface area contributed by atoms with Gasteiger partial charge in [0.25, 0.3) is 0 Å². The second-order valence-electron chi connectivity index (χ2n) is 6.32. The van der Waals surface area contributed by atoms with Crippen LogP contribution >= 0.6 is 30.3 Å². The Bertz CT molecular complexity index is 667. The Balaban J connectivity index is 2.54. The number of aliphatic hydroxyl groups is 1. The summed E-state index contributed by atoms with van der Waals surface area (Å²) in [7, 11) is -3.35. The summed E-state index contributed by atoms with van der Waals surface area (Å²) in [5, 5.41) is 13.0. The second kappa shape index (κ2) is 8.03. The maximum Gasteiger partial charge on any atom is 0.171 e. The fourth-order valence-corrected chi connectivity index (χ4v) is 5.72. The van der Waals surface area contributed by atoms with E-state index in [1.165, 1.54) is 0 Å². The molecule has 2 aromatic rings. The van der Waals surface area contributed by atoms with Crippen LogP contribution in [0.2, 0.25) is 10.0 Å². The van der Waals surface area contributed by atoms with E-state index in [0.29, 0.717) is 33.0 Å². The Morgan fingerprint density at radius 3 is 1.67 bits per heavy atom. The largest absolute Gasteiger partial charge is 0.383 e. The molecule has 3 N–H and O–H groups in total. The first-order valence-corrected chi connectivity index (χ1v) is 10.3. The smallest absolute Gasteiger partial charge is 0.171 e. The highest BCUT2D eigenvalue weighted by molar-refractivity contribution is 7.79. The van der Waals surface area contributed by atoms with E-state index in [1.54, 1.807) is 48.5 Å². The van der Waals surface area contributed by atoms with E-state index in [0.717, 1.165) is 0 Å². The van der Waals surface area contributed by atoms with Crippen molar-refractivity contribution in [3.63, 3.8) is 0 Å². The van der Waals surface area contributed by atoms with Crippen LogP contribution in [0.4, 0.5) is 0 Å². The van der Waals surface area contributed by atoms with Crippen molar-refractivity contribution < 1.29 is 9.67 Å². The molecule has 0 aliphatic carbocycles. The number of rotatable bonds is 6. The van der Waals surface area contributed by atoms with Crippen molar-refractivity contribution >= 4 is 41.0 Å². The molecule has 0 heterocycles. The maximum absolute atomic E-state index is 13.9. The van der Waals surface area contributed by atoms with E-state index in [4.69, 9.17) is 28.9 Å². The molecule has 0 radical (unpaired) electrons. The number of aliphatic hydroxyl groups excluding tert-OH is 1. The van der Waals surface area contributed by atoms with Crippen LogP contribution in [0.5, 0.6) is 0 Å². The number of halogens is 2. The van der Waals surface area contributed by atoms with Crippen LogP contribution in [-0.2, 0) is 4.57 Å². The molecule has 0 aromatic heterocycles. The van der Waals surface area contributed by atoms with Crippen LogP contribution in [-0.4, -0.2) is 17.0 Å². The molecule has 0 aliphatic rings. The lowest BCUT2D eigenvalue weighted by Crippen LogP contribution is -2.40. The average molecular weight is 386 g/mol. The van der Waals surface area contributed by atoms with Gasteiger partial charge < -0.3 is 15.4 Å². The standard InChI is InChI=1S/C18H22Cl2NO2P/c1-12(2)11-17(21)18(22)24(23,15-7-3-13(19)4-8-15)16-9-5-14(20)6-10-16/h3-10,12,17-18,22H,11,21H2,1-2H3. The van der Waals surface area contributed by atoms with Crippen molar-refractivity contribution in [1.29, 1.82) is 0 Å². The van der Waals surface area contributed by atoms with Gasteiger partial charge in [-0.25, -0.2) is 0 Å². The van der Waals surface area contributed by atoms with Gasteiger partial charge in [-0.3, -0.25) is 0 Å². The summed E-state index contributed by atoms with van der Waals surface area (Å²) in [6, 6.07) is 12.8. The van der Waals surface area contributed by atoms with Crippen molar-refractivity contribution in [2.75, 3.05) is 0 Å². The topological polar surface area (TPSA) is 63.3 Å². The minimum Gasteiger partial charge on any atom is -0.383 e. The molecule has 2 rings (SSSR count). The summed E-state index contributed by atoms with van der Waals surface area (Å²) in [5.74, 6) is -0.888. The fourth-order valence-electron chi connectivity index (χ4n) is 2.72. The average Bonchev–Trinajstić information content (AvgIpc) is 2.54. The highest BCUT2D eigenvalue weighted by Gasteiger charge is 2.39. The quantitative estimate of drug-likeness (QED) is 0.738. The van der Waals surface area contributed by atoms with Crippen molar-refractivity contribution in [1.82, 2.24) is 0 Å².